The largest absolute Gasteiger partial charge is 0.465 e. The molecule has 0 bridgehead atoms. The Morgan fingerprint density at radius 2 is 2.12 bits per heavy atom. The summed E-state index contributed by atoms with van der Waals surface area (Å²) in [5, 5.41) is 6.48. The number of aliphatic imine (C=N–C) groups is 1. The lowest BCUT2D eigenvalue weighted by atomic mass is 10.2. The smallest absolute Gasteiger partial charge is 0.387 e. The Balaban J connectivity index is 0.00000363. The zero-order valence-corrected chi connectivity index (χ0v) is 20.4. The highest BCUT2D eigenvalue weighted by atomic mass is 127. The van der Waals surface area contributed by atoms with Gasteiger partial charge in [-0.25, -0.2) is 4.79 Å². The number of alkyl halides is 2. The lowest BCUT2D eigenvalue weighted by molar-refractivity contribution is -0.0495. The number of esters is 1. The summed E-state index contributed by atoms with van der Waals surface area (Å²) in [7, 11) is 2.97. The third kappa shape index (κ3) is 6.47. The van der Waals surface area contributed by atoms with Gasteiger partial charge in [0.2, 0.25) is 0 Å². The Kier molecular flexibility index (Phi) is 9.54. The SMILES string of the molecule is CN=C(NCc1cc(C(=O)OC)c(C)o1)NC1CCN(c2ccccc2OC(F)F)C1.I. The van der Waals surface area contributed by atoms with Crippen molar-refractivity contribution in [1.82, 2.24) is 10.6 Å². The average molecular weight is 564 g/mol. The van der Waals surface area contributed by atoms with Crippen LogP contribution in [0.1, 0.15) is 28.3 Å². The molecule has 2 aromatic rings. The highest BCUT2D eigenvalue weighted by Gasteiger charge is 2.26. The first-order chi connectivity index (χ1) is 14.9. The van der Waals surface area contributed by atoms with Crippen LogP contribution in [0.15, 0.2) is 39.7 Å². The zero-order valence-electron chi connectivity index (χ0n) is 18.1. The Bertz CT molecular complexity index is 938. The average Bonchev–Trinajstić information content (AvgIpc) is 3.36. The molecule has 0 amide bonds. The molecule has 1 saturated heterocycles. The van der Waals surface area contributed by atoms with Gasteiger partial charge in [-0.1, -0.05) is 12.1 Å². The van der Waals surface area contributed by atoms with Gasteiger partial charge in [0.05, 0.1) is 19.3 Å². The van der Waals surface area contributed by atoms with Gasteiger partial charge in [-0.05, 0) is 31.5 Å². The number of anilines is 1. The van der Waals surface area contributed by atoms with Gasteiger partial charge in [-0.3, -0.25) is 4.99 Å². The molecule has 1 aromatic carbocycles. The number of hydrogen-bond acceptors (Lipinski definition) is 6. The Labute approximate surface area is 202 Å². The number of nitrogens with one attached hydrogen (secondary N) is 2. The van der Waals surface area contributed by atoms with Crippen molar-refractivity contribution >= 4 is 41.6 Å². The molecule has 1 aliphatic rings. The molecule has 3 rings (SSSR count). The predicted molar refractivity (Wildman–Crippen MR) is 127 cm³/mol. The summed E-state index contributed by atoms with van der Waals surface area (Å²) in [5.74, 6) is 1.35. The molecule has 2 N–H and O–H groups in total. The van der Waals surface area contributed by atoms with Crippen molar-refractivity contribution in [3.05, 3.63) is 47.4 Å². The summed E-state index contributed by atoms with van der Waals surface area (Å²) in [6.45, 7) is 0.463. The molecule has 0 saturated carbocycles. The van der Waals surface area contributed by atoms with Crippen molar-refractivity contribution in [2.45, 2.75) is 32.5 Å². The quantitative estimate of drug-likeness (QED) is 0.230. The molecular formula is C21H27F2IN4O4. The van der Waals surface area contributed by atoms with Crippen LogP contribution >= 0.6 is 24.0 Å². The summed E-state index contributed by atoms with van der Waals surface area (Å²) in [6.07, 6.45) is 0.802. The number of furan rings is 1. The Morgan fingerprint density at radius 3 is 2.81 bits per heavy atom. The van der Waals surface area contributed by atoms with Gasteiger partial charge in [0.15, 0.2) is 5.96 Å². The van der Waals surface area contributed by atoms with Gasteiger partial charge in [-0.15, -0.1) is 24.0 Å². The number of nitrogens with zero attached hydrogens (tertiary/aromatic N) is 2. The fourth-order valence-corrected chi connectivity index (χ4v) is 3.51. The number of benzene rings is 1. The molecule has 176 valence electrons. The van der Waals surface area contributed by atoms with Crippen LogP contribution in [0.25, 0.3) is 0 Å². The van der Waals surface area contributed by atoms with E-state index in [1.807, 2.05) is 4.90 Å². The van der Waals surface area contributed by atoms with E-state index in [0.29, 0.717) is 48.4 Å². The van der Waals surface area contributed by atoms with E-state index >= 15 is 0 Å². The van der Waals surface area contributed by atoms with Crippen LogP contribution in [-0.4, -0.2) is 51.8 Å². The topological polar surface area (TPSA) is 88.3 Å². The minimum atomic E-state index is -2.87. The fourth-order valence-electron chi connectivity index (χ4n) is 3.51. The monoisotopic (exact) mass is 564 g/mol. The van der Waals surface area contributed by atoms with Gasteiger partial charge in [0.25, 0.3) is 0 Å². The zero-order chi connectivity index (χ0) is 22.4. The standard InChI is InChI=1S/C21H26F2N4O4.HI/c1-13-16(19(28)29-3)10-15(30-13)11-25-21(24-2)26-14-8-9-27(12-14)17-6-4-5-7-18(17)31-20(22)23;/h4-7,10,14,20H,8-9,11-12H2,1-3H3,(H2,24,25,26);1H. The van der Waals surface area contributed by atoms with Crippen molar-refractivity contribution in [1.29, 1.82) is 0 Å². The van der Waals surface area contributed by atoms with Crippen molar-refractivity contribution in [3.63, 3.8) is 0 Å². The highest BCUT2D eigenvalue weighted by Crippen LogP contribution is 2.31. The lowest BCUT2D eigenvalue weighted by Crippen LogP contribution is -2.44. The first kappa shape index (κ1) is 25.7. The van der Waals surface area contributed by atoms with Gasteiger partial charge in [0, 0.05) is 26.2 Å². The number of halogens is 3. The summed E-state index contributed by atoms with van der Waals surface area (Å²) in [6, 6.07) is 8.47. The molecule has 1 fully saturated rings. The molecule has 0 radical (unpaired) electrons. The van der Waals surface area contributed by atoms with E-state index in [1.165, 1.54) is 13.2 Å². The summed E-state index contributed by atoms with van der Waals surface area (Å²) < 4.78 is 40.3. The van der Waals surface area contributed by atoms with Crippen LogP contribution in [0, 0.1) is 6.92 Å². The van der Waals surface area contributed by atoms with Crippen molar-refractivity contribution in [2.24, 2.45) is 4.99 Å². The number of carbonyl (C=O) groups is 1. The maximum absolute atomic E-state index is 12.7. The first-order valence-corrected chi connectivity index (χ1v) is 9.84. The molecular weight excluding hydrogens is 537 g/mol. The summed E-state index contributed by atoms with van der Waals surface area (Å²) in [4.78, 5) is 17.9. The molecule has 1 aliphatic heterocycles. The predicted octanol–water partition coefficient (Wildman–Crippen LogP) is 3.54. The van der Waals surface area contributed by atoms with E-state index in [4.69, 9.17) is 9.15 Å². The van der Waals surface area contributed by atoms with E-state index < -0.39 is 12.6 Å². The Morgan fingerprint density at radius 1 is 1.38 bits per heavy atom. The van der Waals surface area contributed by atoms with Gasteiger partial charge in [0.1, 0.15) is 22.8 Å². The van der Waals surface area contributed by atoms with Gasteiger partial charge >= 0.3 is 12.6 Å². The molecule has 1 unspecified atom stereocenters. The van der Waals surface area contributed by atoms with Crippen LogP contribution in [-0.2, 0) is 11.3 Å². The van der Waals surface area contributed by atoms with Crippen molar-refractivity contribution < 1.29 is 27.5 Å². The molecule has 0 spiro atoms. The number of guanidine groups is 1. The Hall–Kier alpha value is -2.57. The molecule has 2 heterocycles. The fraction of sp³-hybridized carbons (Fsp3) is 0.429. The van der Waals surface area contributed by atoms with Crippen molar-refractivity contribution in [3.8, 4) is 5.75 Å². The van der Waals surface area contributed by atoms with Crippen LogP contribution in [0.3, 0.4) is 0 Å². The number of hydrogen-bond donors (Lipinski definition) is 2. The van der Waals surface area contributed by atoms with E-state index in [1.54, 1.807) is 38.2 Å². The van der Waals surface area contributed by atoms with E-state index in [0.717, 1.165) is 6.42 Å². The number of methoxy groups -OCH3 is 1. The molecule has 0 aliphatic carbocycles. The molecule has 8 nitrogen and oxygen atoms in total. The van der Waals surface area contributed by atoms with Crippen LogP contribution in [0.2, 0.25) is 0 Å². The molecule has 1 atom stereocenters. The normalized spacial score (nSPS) is 16.0. The van der Waals surface area contributed by atoms with Crippen LogP contribution < -0.4 is 20.3 Å². The molecule has 32 heavy (non-hydrogen) atoms. The number of rotatable bonds is 7. The van der Waals surface area contributed by atoms with E-state index in [9.17, 15) is 13.6 Å². The van der Waals surface area contributed by atoms with E-state index in [-0.39, 0.29) is 35.8 Å². The van der Waals surface area contributed by atoms with Crippen molar-refractivity contribution in [2.75, 3.05) is 32.1 Å². The van der Waals surface area contributed by atoms with Gasteiger partial charge in [-0.2, -0.15) is 8.78 Å². The van der Waals surface area contributed by atoms with Crippen LogP contribution in [0.5, 0.6) is 5.75 Å². The number of aryl methyl sites for hydroxylation is 1. The second kappa shape index (κ2) is 11.9. The highest BCUT2D eigenvalue weighted by molar-refractivity contribution is 14.0. The van der Waals surface area contributed by atoms with Gasteiger partial charge < -0.3 is 29.4 Å². The number of para-hydroxylation sites is 2. The van der Waals surface area contributed by atoms with Crippen LogP contribution in [0.4, 0.5) is 14.5 Å². The third-order valence-corrected chi connectivity index (χ3v) is 4.98. The third-order valence-electron chi connectivity index (χ3n) is 4.98. The summed E-state index contributed by atoms with van der Waals surface area (Å²) >= 11 is 0. The number of carbonyl (C=O) groups excluding carboxylic acids is 1. The minimum absolute atomic E-state index is 0. The maximum atomic E-state index is 12.7. The van der Waals surface area contributed by atoms with E-state index in [2.05, 4.69) is 20.4 Å². The number of ether oxygens (including phenoxy) is 2. The molecule has 1 aromatic heterocycles. The summed E-state index contributed by atoms with van der Waals surface area (Å²) in [5.41, 5.74) is 1.02. The second-order valence-electron chi connectivity index (χ2n) is 7.02. The maximum Gasteiger partial charge on any atom is 0.387 e. The second-order valence-corrected chi connectivity index (χ2v) is 7.02. The minimum Gasteiger partial charge on any atom is -0.465 e. The lowest BCUT2D eigenvalue weighted by Gasteiger charge is -2.22. The molecule has 11 heteroatoms. The first-order valence-electron chi connectivity index (χ1n) is 9.84.